The van der Waals surface area contributed by atoms with E-state index >= 15 is 0 Å². The Hall–Kier alpha value is -2.89. The summed E-state index contributed by atoms with van der Waals surface area (Å²) >= 11 is 6.42. The highest BCUT2D eigenvalue weighted by atomic mass is 35.5. The van der Waals surface area contributed by atoms with Gasteiger partial charge in [-0.05, 0) is 97.9 Å². The van der Waals surface area contributed by atoms with Crippen molar-refractivity contribution in [1.82, 2.24) is 24.6 Å². The third-order valence-corrected chi connectivity index (χ3v) is 10.1. The lowest BCUT2D eigenvalue weighted by atomic mass is 9.79. The summed E-state index contributed by atoms with van der Waals surface area (Å²) in [5, 5.41) is 9.92. The fourth-order valence-corrected chi connectivity index (χ4v) is 6.34. The summed E-state index contributed by atoms with van der Waals surface area (Å²) in [4.78, 5) is 11.2. The number of nitrogens with one attached hydrogen (secondary N) is 2. The molecule has 0 atom stereocenters. The average molecular weight is 618 g/mol. The number of aromatic nitrogens is 4. The molecule has 0 spiro atoms. The molecule has 0 bridgehead atoms. The monoisotopic (exact) mass is 617 g/mol. The number of rotatable bonds is 12. The predicted molar refractivity (Wildman–Crippen MR) is 169 cm³/mol. The van der Waals surface area contributed by atoms with Crippen molar-refractivity contribution in [2.75, 3.05) is 24.7 Å². The number of allylic oxidation sites excluding steroid dienone is 3. The van der Waals surface area contributed by atoms with E-state index in [-0.39, 0.29) is 33.6 Å². The van der Waals surface area contributed by atoms with Crippen LogP contribution in [0.4, 0.5) is 17.5 Å². The van der Waals surface area contributed by atoms with Crippen molar-refractivity contribution in [2.24, 2.45) is 13.0 Å². The lowest BCUT2D eigenvalue weighted by Gasteiger charge is -2.34. The summed E-state index contributed by atoms with van der Waals surface area (Å²) < 4.78 is 33.5. The maximum absolute atomic E-state index is 12.9. The van der Waals surface area contributed by atoms with Gasteiger partial charge in [0.05, 0.1) is 28.9 Å². The molecule has 0 unspecified atom stereocenters. The first-order chi connectivity index (χ1) is 19.8. The van der Waals surface area contributed by atoms with E-state index in [0.29, 0.717) is 23.4 Å². The van der Waals surface area contributed by atoms with Crippen molar-refractivity contribution in [3.8, 4) is 0 Å². The first-order valence-electron chi connectivity index (χ1n) is 14.5. The second-order valence-corrected chi connectivity index (χ2v) is 14.8. The maximum Gasteiger partial charge on any atom is 0.229 e. The van der Waals surface area contributed by atoms with Crippen LogP contribution < -0.4 is 10.6 Å². The lowest BCUT2D eigenvalue weighted by molar-refractivity contribution is 0.199. The predicted octanol–water partition coefficient (Wildman–Crippen LogP) is 6.23. The van der Waals surface area contributed by atoms with Crippen LogP contribution in [-0.2, 0) is 21.6 Å². The van der Waals surface area contributed by atoms with Gasteiger partial charge in [-0.15, -0.1) is 0 Å². The van der Waals surface area contributed by atoms with E-state index in [2.05, 4.69) is 71.2 Å². The number of aryl methyl sites for hydroxylation is 1. The molecule has 0 amide bonds. The van der Waals surface area contributed by atoms with Crippen LogP contribution in [0.15, 0.2) is 52.7 Å². The highest BCUT2D eigenvalue weighted by Crippen LogP contribution is 2.37. The number of hydrogen-bond donors (Lipinski definition) is 2. The van der Waals surface area contributed by atoms with E-state index in [1.54, 1.807) is 27.1 Å². The summed E-state index contributed by atoms with van der Waals surface area (Å²) in [7, 11) is 2.33. The van der Waals surface area contributed by atoms with Gasteiger partial charge < -0.3 is 20.3 Å². The van der Waals surface area contributed by atoms with E-state index in [4.69, 9.17) is 16.3 Å². The zero-order valence-electron chi connectivity index (χ0n) is 25.7. The van der Waals surface area contributed by atoms with Crippen LogP contribution in [-0.4, -0.2) is 64.6 Å². The van der Waals surface area contributed by atoms with Gasteiger partial charge in [0.2, 0.25) is 20.8 Å². The lowest BCUT2D eigenvalue weighted by Crippen LogP contribution is -2.32. The van der Waals surface area contributed by atoms with Crippen molar-refractivity contribution in [1.29, 1.82) is 0 Å². The molecule has 0 aromatic carbocycles. The summed E-state index contributed by atoms with van der Waals surface area (Å²) in [5.41, 5.74) is 3.39. The van der Waals surface area contributed by atoms with Crippen LogP contribution in [0.1, 0.15) is 66.2 Å². The second-order valence-electron chi connectivity index (χ2n) is 12.0. The first-order valence-corrected chi connectivity index (χ1v) is 16.4. The Morgan fingerprint density at radius 3 is 2.43 bits per heavy atom. The first kappa shape index (κ1) is 32.0. The molecule has 2 fully saturated rings. The van der Waals surface area contributed by atoms with E-state index in [0.717, 1.165) is 25.7 Å². The highest BCUT2D eigenvalue weighted by molar-refractivity contribution is 7.92. The van der Waals surface area contributed by atoms with E-state index in [9.17, 15) is 8.42 Å². The Kier molecular flexibility index (Phi) is 10.1. The second kappa shape index (κ2) is 13.2. The number of hydrogen-bond acceptors (Lipinski definition) is 9. The van der Waals surface area contributed by atoms with Gasteiger partial charge in [-0.25, -0.2) is 13.4 Å². The average Bonchev–Trinajstić information content (AvgIpc) is 3.67. The highest BCUT2D eigenvalue weighted by Gasteiger charge is 2.29. The zero-order valence-corrected chi connectivity index (χ0v) is 27.3. The van der Waals surface area contributed by atoms with Crippen LogP contribution in [0.5, 0.6) is 0 Å². The zero-order chi connectivity index (χ0) is 30.8. The Morgan fingerprint density at radius 1 is 1.19 bits per heavy atom. The number of anilines is 3. The van der Waals surface area contributed by atoms with Crippen LogP contribution in [0, 0.1) is 5.92 Å². The van der Waals surface area contributed by atoms with Gasteiger partial charge in [0.1, 0.15) is 10.8 Å². The molecule has 230 valence electrons. The molecule has 2 aliphatic carbocycles. The molecule has 2 saturated carbocycles. The summed E-state index contributed by atoms with van der Waals surface area (Å²) in [6.07, 6.45) is 12.0. The van der Waals surface area contributed by atoms with Crippen LogP contribution in [0.3, 0.4) is 0 Å². The molecule has 0 saturated heterocycles. The Balaban J connectivity index is 1.56. The number of sulfone groups is 1. The van der Waals surface area contributed by atoms with Crippen molar-refractivity contribution >= 4 is 38.9 Å². The van der Waals surface area contributed by atoms with Crippen LogP contribution in [0.25, 0.3) is 0 Å². The Bertz CT molecular complexity index is 1460. The molecule has 2 aliphatic rings. The van der Waals surface area contributed by atoms with Crippen molar-refractivity contribution in [3.05, 3.63) is 52.7 Å². The van der Waals surface area contributed by atoms with Gasteiger partial charge in [0.15, 0.2) is 5.82 Å². The summed E-state index contributed by atoms with van der Waals surface area (Å²) in [6.45, 7) is 11.8. The molecule has 0 aliphatic heterocycles. The van der Waals surface area contributed by atoms with Crippen LogP contribution in [0.2, 0.25) is 5.02 Å². The molecular formula is C30H44ClN7O3S. The van der Waals surface area contributed by atoms with Crippen molar-refractivity contribution < 1.29 is 13.2 Å². The van der Waals surface area contributed by atoms with Gasteiger partial charge in [0.25, 0.3) is 0 Å². The smallest absolute Gasteiger partial charge is 0.229 e. The Labute approximate surface area is 255 Å². The van der Waals surface area contributed by atoms with E-state index in [1.807, 2.05) is 0 Å². The molecule has 2 heterocycles. The minimum Gasteiger partial charge on any atom is -0.488 e. The fourth-order valence-electron chi connectivity index (χ4n) is 5.10. The molecule has 12 heteroatoms. The fraction of sp³-hybridized carbons (Fsp3) is 0.567. The standard InChI is InChI=1S/C30H44ClN7O3S/c1-18(2)24(21-9-11-22(12-10-21)37(6)7)15-27(41-23-13-14-23)20(5)33-30-32-16-25(31)28(35-30)34-26-17-38(8)36-29(26)42(39,40)19(3)4/h15-17,19,21-23H,5,9-14H2,1-4,6-8H3,(H2,32,33,34,35)/b27-15+. The van der Waals surface area contributed by atoms with Gasteiger partial charge in [0, 0.05) is 19.3 Å². The molecule has 2 N–H and O–H groups in total. The third-order valence-electron chi connectivity index (χ3n) is 7.79. The number of halogens is 1. The minimum atomic E-state index is -3.64. The molecule has 4 rings (SSSR count). The third kappa shape index (κ3) is 7.73. The van der Waals surface area contributed by atoms with Crippen molar-refractivity contribution in [2.45, 2.75) is 88.6 Å². The number of ether oxygens (including phenoxy) is 1. The maximum atomic E-state index is 12.9. The Morgan fingerprint density at radius 2 is 1.86 bits per heavy atom. The van der Waals surface area contributed by atoms with Gasteiger partial charge in [-0.1, -0.05) is 23.8 Å². The van der Waals surface area contributed by atoms with Gasteiger partial charge in [-0.2, -0.15) is 10.1 Å². The molecule has 10 nitrogen and oxygen atoms in total. The normalized spacial score (nSPS) is 19.6. The van der Waals surface area contributed by atoms with Gasteiger partial charge >= 0.3 is 0 Å². The topological polar surface area (TPSA) is 114 Å². The molecule has 2 aromatic heterocycles. The summed E-state index contributed by atoms with van der Waals surface area (Å²) in [5.74, 6) is 1.63. The van der Waals surface area contributed by atoms with E-state index < -0.39 is 15.1 Å². The van der Waals surface area contributed by atoms with Gasteiger partial charge in [-0.3, -0.25) is 4.68 Å². The van der Waals surface area contributed by atoms with Crippen molar-refractivity contribution in [3.63, 3.8) is 0 Å². The number of nitrogens with zero attached hydrogens (tertiary/aromatic N) is 5. The molecular weight excluding hydrogens is 574 g/mol. The quantitative estimate of drug-likeness (QED) is 0.211. The summed E-state index contributed by atoms with van der Waals surface area (Å²) in [6, 6.07) is 0.626. The van der Waals surface area contributed by atoms with E-state index in [1.165, 1.54) is 34.9 Å². The molecule has 42 heavy (non-hydrogen) atoms. The molecule has 2 aromatic rings. The largest absolute Gasteiger partial charge is 0.488 e. The van der Waals surface area contributed by atoms with Crippen LogP contribution >= 0.6 is 11.6 Å². The minimum absolute atomic E-state index is 0.0643. The molecule has 0 radical (unpaired) electrons. The SMILES string of the molecule is C=C(Nc1ncc(Cl)c(Nc2cn(C)nc2S(=O)(=O)C(C)C)n1)/C(=C\C(=C(C)C)C1CCC(N(C)C)CC1)OC1CC1.